The Hall–Kier alpha value is -4.53. The van der Waals surface area contributed by atoms with Gasteiger partial charge in [-0.05, 0) is 35.1 Å². The number of pyridine rings is 1. The Kier molecular flexibility index (Phi) is 4.39. The summed E-state index contributed by atoms with van der Waals surface area (Å²) in [5, 5.41) is 4.51. The van der Waals surface area contributed by atoms with E-state index in [1.165, 1.54) is 25.7 Å². The predicted octanol–water partition coefficient (Wildman–Crippen LogP) is 6.50. The molecule has 5 nitrogen and oxygen atoms in total. The highest BCUT2D eigenvalue weighted by Crippen LogP contribution is 2.48. The van der Waals surface area contributed by atoms with Crippen molar-refractivity contribution in [1.82, 2.24) is 15.0 Å². The van der Waals surface area contributed by atoms with Gasteiger partial charge in [0, 0.05) is 21.0 Å². The van der Waals surface area contributed by atoms with Gasteiger partial charge < -0.3 is 4.42 Å². The van der Waals surface area contributed by atoms with Crippen LogP contribution in [0.1, 0.15) is 0 Å². The van der Waals surface area contributed by atoms with Crippen molar-refractivity contribution in [3.05, 3.63) is 104 Å². The Labute approximate surface area is 231 Å². The third-order valence-corrected chi connectivity index (χ3v) is 9.87. The lowest BCUT2D eigenvalue weighted by Gasteiger charge is -2.31. The van der Waals surface area contributed by atoms with Gasteiger partial charge in [-0.3, -0.25) is 4.90 Å². The van der Waals surface area contributed by atoms with Crippen LogP contribution >= 0.6 is 22.7 Å². The molecule has 0 radical (unpaired) electrons. The number of anilines is 3. The molecule has 0 unspecified atom stereocenters. The van der Waals surface area contributed by atoms with Gasteiger partial charge in [-0.1, -0.05) is 72.2 Å². The highest BCUT2D eigenvalue weighted by molar-refractivity contribution is 7.27. The van der Waals surface area contributed by atoms with Gasteiger partial charge in [-0.15, -0.1) is 22.7 Å². The summed E-state index contributed by atoms with van der Waals surface area (Å²) < 4.78 is 10.2. The van der Waals surface area contributed by atoms with Crippen molar-refractivity contribution in [2.75, 3.05) is 4.90 Å². The van der Waals surface area contributed by atoms with E-state index in [1.807, 2.05) is 6.07 Å². The molecular weight excluding hydrogens is 519 g/mol. The lowest BCUT2D eigenvalue weighted by atomic mass is 9.37. The SMILES string of the molecule is c1ccc(B2c3oc4ncccc4c3N(c3ncnc4c3sc3ccccc34)c3sc4ccccc4c32)cc1. The molecule has 1 aliphatic rings. The van der Waals surface area contributed by atoms with Crippen molar-refractivity contribution < 1.29 is 4.42 Å². The summed E-state index contributed by atoms with van der Waals surface area (Å²) in [5.74, 6) is 0.869. The van der Waals surface area contributed by atoms with Crippen LogP contribution in [0.2, 0.25) is 0 Å². The minimum Gasteiger partial charge on any atom is -0.450 e. The smallest absolute Gasteiger partial charge is 0.294 e. The Morgan fingerprint density at radius 3 is 2.31 bits per heavy atom. The van der Waals surface area contributed by atoms with Crippen LogP contribution in [0, 0.1) is 0 Å². The van der Waals surface area contributed by atoms with Crippen LogP contribution in [0.15, 0.2) is 108 Å². The fraction of sp³-hybridized carbons (Fsp3) is 0. The molecular formula is C31H17BN4OS2. The van der Waals surface area contributed by atoms with E-state index in [9.17, 15) is 0 Å². The second-order valence-corrected chi connectivity index (χ2v) is 11.7. The van der Waals surface area contributed by atoms with Gasteiger partial charge in [0.2, 0.25) is 5.71 Å². The average molecular weight is 536 g/mol. The molecule has 6 heterocycles. The summed E-state index contributed by atoms with van der Waals surface area (Å²) >= 11 is 3.54. The van der Waals surface area contributed by atoms with Gasteiger partial charge in [-0.25, -0.2) is 15.0 Å². The van der Waals surface area contributed by atoms with E-state index < -0.39 is 0 Å². The van der Waals surface area contributed by atoms with Gasteiger partial charge in [0.25, 0.3) is 6.71 Å². The summed E-state index contributed by atoms with van der Waals surface area (Å²) in [5.41, 5.74) is 5.93. The van der Waals surface area contributed by atoms with Crippen LogP contribution in [-0.4, -0.2) is 21.7 Å². The lowest BCUT2D eigenvalue weighted by Crippen LogP contribution is -2.56. The molecule has 8 aromatic rings. The number of furan rings is 1. The fourth-order valence-electron chi connectivity index (χ4n) is 5.93. The number of nitrogens with zero attached hydrogens (tertiary/aromatic N) is 4. The Balaban J connectivity index is 1.45. The first-order chi connectivity index (χ1) is 19.4. The molecule has 5 aromatic heterocycles. The van der Waals surface area contributed by atoms with Gasteiger partial charge in [0.1, 0.15) is 12.0 Å². The molecule has 0 bridgehead atoms. The summed E-state index contributed by atoms with van der Waals surface area (Å²) in [4.78, 5) is 16.6. The minimum absolute atomic E-state index is 0.0717. The quantitative estimate of drug-likeness (QED) is 0.236. The highest BCUT2D eigenvalue weighted by Gasteiger charge is 2.43. The molecule has 8 heteroatoms. The van der Waals surface area contributed by atoms with Crippen molar-refractivity contribution in [1.29, 1.82) is 0 Å². The lowest BCUT2D eigenvalue weighted by molar-refractivity contribution is 0.637. The maximum Gasteiger partial charge on any atom is 0.294 e. The maximum absolute atomic E-state index is 6.67. The third kappa shape index (κ3) is 2.93. The van der Waals surface area contributed by atoms with Crippen LogP contribution in [0.3, 0.4) is 0 Å². The number of fused-ring (bicyclic) bond motifs is 9. The maximum atomic E-state index is 6.67. The van der Waals surface area contributed by atoms with E-state index in [0.29, 0.717) is 5.71 Å². The molecule has 3 aromatic carbocycles. The van der Waals surface area contributed by atoms with Crippen LogP contribution in [0.25, 0.3) is 41.5 Å². The number of aromatic nitrogens is 3. The third-order valence-electron chi connectivity index (χ3n) is 7.54. The molecule has 9 rings (SSSR count). The van der Waals surface area contributed by atoms with Gasteiger partial charge in [-0.2, -0.15) is 0 Å². The van der Waals surface area contributed by atoms with E-state index >= 15 is 0 Å². The zero-order valence-electron chi connectivity index (χ0n) is 20.4. The first-order valence-electron chi connectivity index (χ1n) is 12.7. The van der Waals surface area contributed by atoms with E-state index in [0.717, 1.165) is 43.2 Å². The number of hydrogen-bond acceptors (Lipinski definition) is 7. The molecule has 1 aliphatic heterocycles. The van der Waals surface area contributed by atoms with Gasteiger partial charge in [0.15, 0.2) is 5.82 Å². The molecule has 0 atom stereocenters. The molecule has 0 saturated carbocycles. The highest BCUT2D eigenvalue weighted by atomic mass is 32.1. The van der Waals surface area contributed by atoms with Crippen molar-refractivity contribution in [2.24, 2.45) is 0 Å². The molecule has 0 fully saturated rings. The number of benzene rings is 3. The largest absolute Gasteiger partial charge is 0.450 e. The monoisotopic (exact) mass is 536 g/mol. The topological polar surface area (TPSA) is 55.1 Å². The molecule has 182 valence electrons. The molecule has 0 spiro atoms. The second kappa shape index (κ2) is 7.99. The minimum atomic E-state index is -0.0717. The van der Waals surface area contributed by atoms with Crippen molar-refractivity contribution >= 4 is 104 Å². The van der Waals surface area contributed by atoms with Crippen LogP contribution < -0.4 is 21.5 Å². The number of rotatable bonds is 2. The van der Waals surface area contributed by atoms with Crippen LogP contribution in [0.5, 0.6) is 0 Å². The summed E-state index contributed by atoms with van der Waals surface area (Å²) in [7, 11) is 0. The van der Waals surface area contributed by atoms with E-state index in [4.69, 9.17) is 14.4 Å². The standard InChI is InChI=1S/C31H17BN4OS2/c1-2-9-18(10-3-1)32-24-19-11-4-6-14-22(19)39-31(24)36(26-21-13-8-16-33-30(21)37-28(26)32)29-27-25(34-17-35-29)20-12-5-7-15-23(20)38-27/h1-17H. The zero-order valence-corrected chi connectivity index (χ0v) is 22.0. The molecule has 39 heavy (non-hydrogen) atoms. The normalized spacial score (nSPS) is 13.0. The molecule has 0 aliphatic carbocycles. The van der Waals surface area contributed by atoms with Crippen molar-refractivity contribution in [2.45, 2.75) is 0 Å². The Morgan fingerprint density at radius 2 is 1.44 bits per heavy atom. The fourth-order valence-corrected chi connectivity index (χ4v) is 8.32. The van der Waals surface area contributed by atoms with E-state index in [1.54, 1.807) is 35.2 Å². The van der Waals surface area contributed by atoms with Crippen LogP contribution in [-0.2, 0) is 0 Å². The zero-order chi connectivity index (χ0) is 25.5. The second-order valence-electron chi connectivity index (χ2n) is 9.64. The van der Waals surface area contributed by atoms with E-state index in [2.05, 4.69) is 94.8 Å². The van der Waals surface area contributed by atoms with Gasteiger partial charge >= 0.3 is 0 Å². The molecule has 0 saturated heterocycles. The first-order valence-corrected chi connectivity index (χ1v) is 14.4. The Bertz CT molecular complexity index is 2210. The summed E-state index contributed by atoms with van der Waals surface area (Å²) in [6.45, 7) is -0.0717. The molecule has 0 N–H and O–H groups in total. The summed E-state index contributed by atoms with van der Waals surface area (Å²) in [6, 6.07) is 31.8. The van der Waals surface area contributed by atoms with Crippen molar-refractivity contribution in [3.8, 4) is 0 Å². The predicted molar refractivity (Wildman–Crippen MR) is 164 cm³/mol. The van der Waals surface area contributed by atoms with Crippen molar-refractivity contribution in [3.63, 3.8) is 0 Å². The summed E-state index contributed by atoms with van der Waals surface area (Å²) in [6.07, 6.45) is 3.48. The van der Waals surface area contributed by atoms with Gasteiger partial charge in [0.05, 0.1) is 26.3 Å². The van der Waals surface area contributed by atoms with Crippen LogP contribution in [0.4, 0.5) is 16.5 Å². The van der Waals surface area contributed by atoms with E-state index in [-0.39, 0.29) is 6.71 Å². The average Bonchev–Trinajstić information content (AvgIpc) is 3.68. The first kappa shape index (κ1) is 21.4. The Morgan fingerprint density at radius 1 is 0.692 bits per heavy atom. The number of hydrogen-bond donors (Lipinski definition) is 0. The number of thiophene rings is 2. The molecule has 0 amide bonds.